The second kappa shape index (κ2) is 9.33. The van der Waals surface area contributed by atoms with Crippen molar-refractivity contribution in [3.63, 3.8) is 0 Å². The van der Waals surface area contributed by atoms with Gasteiger partial charge in [-0.05, 0) is 58.1 Å². The Morgan fingerprint density at radius 1 is 1.21 bits per heavy atom. The van der Waals surface area contributed by atoms with Crippen molar-refractivity contribution in [2.45, 2.75) is 77.0 Å². The first-order valence-corrected chi connectivity index (χ1v) is 11.6. The molecule has 6 heteroatoms. The van der Waals surface area contributed by atoms with E-state index < -0.39 is 0 Å². The van der Waals surface area contributed by atoms with E-state index in [-0.39, 0.29) is 0 Å². The number of nitrogens with zero attached hydrogens (tertiary/aromatic N) is 3. The summed E-state index contributed by atoms with van der Waals surface area (Å²) in [6, 6.07) is 7.11. The molecule has 2 aliphatic carbocycles. The zero-order valence-corrected chi connectivity index (χ0v) is 18.1. The summed E-state index contributed by atoms with van der Waals surface area (Å²) in [4.78, 5) is 11.7. The second-order valence-corrected chi connectivity index (χ2v) is 8.73. The van der Waals surface area contributed by atoms with Crippen LogP contribution in [0.15, 0.2) is 29.4 Å². The van der Waals surface area contributed by atoms with E-state index in [4.69, 9.17) is 9.73 Å². The van der Waals surface area contributed by atoms with Crippen molar-refractivity contribution in [3.8, 4) is 0 Å². The topological polar surface area (TPSA) is 61.8 Å². The van der Waals surface area contributed by atoms with E-state index in [1.54, 1.807) is 0 Å². The Labute approximate surface area is 175 Å². The number of hydrogen-bond donors (Lipinski definition) is 2. The quantitative estimate of drug-likeness (QED) is 0.567. The average Bonchev–Trinajstić information content (AvgIpc) is 3.28. The molecule has 2 saturated carbocycles. The van der Waals surface area contributed by atoms with Crippen molar-refractivity contribution in [1.29, 1.82) is 0 Å². The van der Waals surface area contributed by atoms with Crippen LogP contribution in [-0.4, -0.2) is 55.4 Å². The Bertz CT molecular complexity index is 665. The third-order valence-corrected chi connectivity index (χ3v) is 7.12. The van der Waals surface area contributed by atoms with Crippen molar-refractivity contribution in [1.82, 2.24) is 15.6 Å². The van der Waals surface area contributed by atoms with Crippen LogP contribution in [0.1, 0.15) is 58.8 Å². The number of guanidine groups is 1. The molecule has 3 fully saturated rings. The van der Waals surface area contributed by atoms with E-state index in [9.17, 15) is 0 Å². The van der Waals surface area contributed by atoms with Gasteiger partial charge in [-0.3, -0.25) is 4.99 Å². The monoisotopic (exact) mass is 399 g/mol. The van der Waals surface area contributed by atoms with Crippen molar-refractivity contribution in [3.05, 3.63) is 24.4 Å². The highest BCUT2D eigenvalue weighted by Gasteiger charge is 2.57. The largest absolute Gasteiger partial charge is 0.378 e. The summed E-state index contributed by atoms with van der Waals surface area (Å²) < 4.78 is 6.08. The maximum Gasteiger partial charge on any atom is 0.191 e. The van der Waals surface area contributed by atoms with Gasteiger partial charge in [0, 0.05) is 49.9 Å². The van der Waals surface area contributed by atoms with Gasteiger partial charge in [-0.1, -0.05) is 18.9 Å². The summed E-state index contributed by atoms with van der Waals surface area (Å²) in [6.07, 6.45) is 10.9. The van der Waals surface area contributed by atoms with Crippen molar-refractivity contribution in [2.24, 2.45) is 10.4 Å². The highest BCUT2D eigenvalue weighted by molar-refractivity contribution is 5.80. The Morgan fingerprint density at radius 2 is 2.00 bits per heavy atom. The fraction of sp³-hybridized carbons (Fsp3) is 0.739. The standard InChI is InChI=1S/C23H37N5O/c1-3-24-22(27-19-17-20(29-4-2)23(19)12-6-7-13-23)26-18-10-15-28(16-11-18)21-9-5-8-14-25-21/h5,8-9,14,18-20H,3-4,6-7,10-13,15-17H2,1-2H3,(H2,24,26,27). The van der Waals surface area contributed by atoms with Crippen LogP contribution in [0.4, 0.5) is 5.82 Å². The van der Waals surface area contributed by atoms with Gasteiger partial charge in [0.1, 0.15) is 5.82 Å². The smallest absolute Gasteiger partial charge is 0.191 e. The first-order chi connectivity index (χ1) is 14.2. The molecule has 6 nitrogen and oxygen atoms in total. The predicted molar refractivity (Wildman–Crippen MR) is 118 cm³/mol. The van der Waals surface area contributed by atoms with E-state index >= 15 is 0 Å². The molecule has 1 aliphatic heterocycles. The number of anilines is 1. The van der Waals surface area contributed by atoms with Crippen LogP contribution in [-0.2, 0) is 4.74 Å². The Hall–Kier alpha value is -1.82. The number of piperidine rings is 1. The first-order valence-electron chi connectivity index (χ1n) is 11.6. The molecule has 1 aromatic heterocycles. The molecule has 160 valence electrons. The summed E-state index contributed by atoms with van der Waals surface area (Å²) in [6.45, 7) is 7.93. The molecule has 2 N–H and O–H groups in total. The first kappa shape index (κ1) is 20.5. The van der Waals surface area contributed by atoms with Gasteiger partial charge in [0.25, 0.3) is 0 Å². The van der Waals surface area contributed by atoms with Crippen LogP contribution in [0.5, 0.6) is 0 Å². The van der Waals surface area contributed by atoms with Gasteiger partial charge in [-0.2, -0.15) is 0 Å². The Kier molecular flexibility index (Phi) is 6.58. The number of nitrogens with one attached hydrogen (secondary N) is 2. The van der Waals surface area contributed by atoms with Crippen LogP contribution < -0.4 is 15.5 Å². The number of pyridine rings is 1. The van der Waals surface area contributed by atoms with E-state index in [1.807, 2.05) is 12.3 Å². The number of rotatable bonds is 6. The summed E-state index contributed by atoms with van der Waals surface area (Å²) in [5, 5.41) is 7.53. The lowest BCUT2D eigenvalue weighted by molar-refractivity contribution is -0.125. The second-order valence-electron chi connectivity index (χ2n) is 8.73. The van der Waals surface area contributed by atoms with Crippen LogP contribution in [0.3, 0.4) is 0 Å². The highest BCUT2D eigenvalue weighted by atomic mass is 16.5. The van der Waals surface area contributed by atoms with Gasteiger partial charge in [-0.15, -0.1) is 0 Å². The molecule has 29 heavy (non-hydrogen) atoms. The van der Waals surface area contributed by atoms with Crippen LogP contribution in [0.2, 0.25) is 0 Å². The van der Waals surface area contributed by atoms with Crippen molar-refractivity contribution >= 4 is 11.8 Å². The molecule has 1 aromatic rings. The summed E-state index contributed by atoms with van der Waals surface area (Å²) in [5.74, 6) is 2.08. The van der Waals surface area contributed by atoms with Gasteiger partial charge >= 0.3 is 0 Å². The minimum atomic E-state index is 0.328. The molecular formula is C23H37N5O. The number of hydrogen-bond acceptors (Lipinski definition) is 4. The number of aliphatic imine (C=N–C) groups is 1. The molecule has 2 atom stereocenters. The third kappa shape index (κ3) is 4.37. The maximum atomic E-state index is 6.08. The van der Waals surface area contributed by atoms with E-state index in [0.29, 0.717) is 23.6 Å². The Balaban J connectivity index is 1.32. The van der Waals surface area contributed by atoms with Gasteiger partial charge < -0.3 is 20.3 Å². The molecule has 0 bridgehead atoms. The van der Waals surface area contributed by atoms with Crippen LogP contribution in [0.25, 0.3) is 0 Å². The number of ether oxygens (including phenoxy) is 1. The van der Waals surface area contributed by atoms with Gasteiger partial charge in [0.2, 0.25) is 0 Å². The minimum Gasteiger partial charge on any atom is -0.378 e. The third-order valence-electron chi connectivity index (χ3n) is 7.12. The molecule has 0 amide bonds. The summed E-state index contributed by atoms with van der Waals surface area (Å²) >= 11 is 0. The minimum absolute atomic E-state index is 0.328. The van der Waals surface area contributed by atoms with Crippen molar-refractivity contribution < 1.29 is 4.74 Å². The molecule has 1 spiro atoms. The van der Waals surface area contributed by atoms with Gasteiger partial charge in [-0.25, -0.2) is 4.98 Å². The van der Waals surface area contributed by atoms with E-state index in [2.05, 4.69) is 46.5 Å². The zero-order chi connectivity index (χ0) is 20.1. The molecule has 0 radical (unpaired) electrons. The molecule has 3 aliphatic rings. The van der Waals surface area contributed by atoms with Gasteiger partial charge in [0.15, 0.2) is 5.96 Å². The average molecular weight is 400 g/mol. The fourth-order valence-electron chi connectivity index (χ4n) is 5.53. The lowest BCUT2D eigenvalue weighted by Crippen LogP contribution is -2.65. The zero-order valence-electron chi connectivity index (χ0n) is 18.1. The normalized spacial score (nSPS) is 27.1. The summed E-state index contributed by atoms with van der Waals surface area (Å²) in [7, 11) is 0. The SMILES string of the molecule is CCN=C(NC1CCN(c2ccccn2)CC1)NC1CC(OCC)C12CCCC2. The van der Waals surface area contributed by atoms with E-state index in [0.717, 1.165) is 57.3 Å². The lowest BCUT2D eigenvalue weighted by Gasteiger charge is -2.54. The molecule has 4 rings (SSSR count). The molecule has 2 heterocycles. The molecule has 2 unspecified atom stereocenters. The lowest BCUT2D eigenvalue weighted by atomic mass is 9.60. The van der Waals surface area contributed by atoms with Crippen LogP contribution in [0, 0.1) is 5.41 Å². The molecule has 1 saturated heterocycles. The predicted octanol–water partition coefficient (Wildman–Crippen LogP) is 3.34. The Morgan fingerprint density at radius 3 is 2.66 bits per heavy atom. The highest BCUT2D eigenvalue weighted by Crippen LogP contribution is 2.54. The van der Waals surface area contributed by atoms with E-state index in [1.165, 1.54) is 25.7 Å². The number of aromatic nitrogens is 1. The molecular weight excluding hydrogens is 362 g/mol. The van der Waals surface area contributed by atoms with Gasteiger partial charge in [0.05, 0.1) is 6.10 Å². The fourth-order valence-corrected chi connectivity index (χ4v) is 5.53. The molecule has 0 aromatic carbocycles. The maximum absolute atomic E-state index is 6.08. The van der Waals surface area contributed by atoms with Crippen molar-refractivity contribution in [2.75, 3.05) is 31.1 Å². The van der Waals surface area contributed by atoms with Crippen LogP contribution >= 0.6 is 0 Å². The summed E-state index contributed by atoms with van der Waals surface area (Å²) in [5.41, 5.74) is 0.328.